The first-order valence-corrected chi connectivity index (χ1v) is 7.93. The number of rotatable bonds is 7. The molecule has 0 saturated carbocycles. The lowest BCUT2D eigenvalue weighted by Gasteiger charge is -2.30. The Morgan fingerprint density at radius 1 is 1.04 bits per heavy atom. The van der Waals surface area contributed by atoms with Crippen molar-refractivity contribution >= 4 is 11.4 Å². The second kappa shape index (κ2) is 8.13. The van der Waals surface area contributed by atoms with Gasteiger partial charge in [-0.1, -0.05) is 20.8 Å². The minimum atomic E-state index is -1.63. The highest BCUT2D eigenvalue weighted by atomic mass is 16.4. The molecule has 0 aliphatic carbocycles. The molecule has 1 rings (SSSR count). The van der Waals surface area contributed by atoms with E-state index in [4.69, 9.17) is 10.8 Å². The Morgan fingerprint density at radius 2 is 1.58 bits per heavy atom. The van der Waals surface area contributed by atoms with Crippen LogP contribution in [-0.4, -0.2) is 70.1 Å². The Kier molecular flexibility index (Phi) is 7.00. The number of nitrogen functional groups attached to an aromatic ring is 1. The lowest BCUT2D eigenvalue weighted by atomic mass is 9.85. The van der Waals surface area contributed by atoms with Gasteiger partial charge in [-0.25, -0.2) is 0 Å². The van der Waals surface area contributed by atoms with E-state index < -0.39 is 31.0 Å². The van der Waals surface area contributed by atoms with E-state index in [2.05, 4.69) is 0 Å². The zero-order valence-electron chi connectivity index (χ0n) is 14.7. The molecule has 0 fully saturated rings. The molecule has 4 atom stereocenters. The zero-order chi connectivity index (χ0) is 18.7. The van der Waals surface area contributed by atoms with Crippen molar-refractivity contribution in [3.05, 3.63) is 23.8 Å². The van der Waals surface area contributed by atoms with E-state index in [1.165, 1.54) is 0 Å². The van der Waals surface area contributed by atoms with Crippen molar-refractivity contribution in [3.8, 4) is 0 Å². The molecule has 138 valence electrons. The third-order valence-corrected chi connectivity index (χ3v) is 4.07. The zero-order valence-corrected chi connectivity index (χ0v) is 14.7. The van der Waals surface area contributed by atoms with Crippen molar-refractivity contribution < 1.29 is 25.5 Å². The number of nitrogens with zero attached hydrogens (tertiary/aromatic N) is 1. The first kappa shape index (κ1) is 20.7. The summed E-state index contributed by atoms with van der Waals surface area (Å²) in [7, 11) is 1.74. The number of aliphatic hydroxyl groups excluding tert-OH is 5. The summed E-state index contributed by atoms with van der Waals surface area (Å²) in [5.74, 6) is 0. The van der Waals surface area contributed by atoms with E-state index in [-0.39, 0.29) is 12.0 Å². The van der Waals surface area contributed by atoms with Gasteiger partial charge in [0.1, 0.15) is 18.3 Å². The van der Waals surface area contributed by atoms with Crippen LogP contribution in [0.5, 0.6) is 0 Å². The maximum atomic E-state index is 10.1. The quantitative estimate of drug-likeness (QED) is 0.366. The van der Waals surface area contributed by atoms with Crippen LogP contribution in [-0.2, 0) is 5.41 Å². The van der Waals surface area contributed by atoms with Gasteiger partial charge in [-0.05, 0) is 29.2 Å². The minimum Gasteiger partial charge on any atom is -0.398 e. The lowest BCUT2D eigenvalue weighted by molar-refractivity contribution is -0.112. The van der Waals surface area contributed by atoms with E-state index in [9.17, 15) is 20.4 Å². The van der Waals surface area contributed by atoms with E-state index in [0.29, 0.717) is 5.69 Å². The summed E-state index contributed by atoms with van der Waals surface area (Å²) >= 11 is 0. The van der Waals surface area contributed by atoms with E-state index in [0.717, 1.165) is 11.3 Å². The molecule has 0 radical (unpaired) electrons. The van der Waals surface area contributed by atoms with E-state index in [1.807, 2.05) is 32.9 Å². The highest BCUT2D eigenvalue weighted by Gasteiger charge is 2.30. The first-order valence-electron chi connectivity index (χ1n) is 7.93. The minimum absolute atomic E-state index is 0.0316. The topological polar surface area (TPSA) is 130 Å². The average Bonchev–Trinajstić information content (AvgIpc) is 2.51. The van der Waals surface area contributed by atoms with Gasteiger partial charge < -0.3 is 36.2 Å². The van der Waals surface area contributed by atoms with Crippen molar-refractivity contribution in [2.45, 2.75) is 50.6 Å². The lowest BCUT2D eigenvalue weighted by Crippen LogP contribution is -2.49. The van der Waals surface area contributed by atoms with Crippen molar-refractivity contribution in [2.24, 2.45) is 0 Å². The number of likely N-dealkylation sites (N-methyl/N-ethyl adjacent to an activating group) is 1. The van der Waals surface area contributed by atoms with Crippen molar-refractivity contribution in [2.75, 3.05) is 30.8 Å². The normalized spacial score (nSPS) is 17.2. The molecule has 7 heteroatoms. The highest BCUT2D eigenvalue weighted by molar-refractivity contribution is 5.60. The molecule has 0 bridgehead atoms. The third kappa shape index (κ3) is 5.06. The van der Waals surface area contributed by atoms with Crippen LogP contribution >= 0.6 is 0 Å². The van der Waals surface area contributed by atoms with Crippen LogP contribution in [0.3, 0.4) is 0 Å². The second-order valence-electron chi connectivity index (χ2n) is 7.20. The number of aliphatic hydroxyl groups is 5. The molecular formula is C17H30N2O5. The molecule has 1 aromatic carbocycles. The third-order valence-electron chi connectivity index (χ3n) is 4.07. The van der Waals surface area contributed by atoms with Gasteiger partial charge in [0.15, 0.2) is 0 Å². The van der Waals surface area contributed by atoms with Gasteiger partial charge in [-0.3, -0.25) is 0 Å². The van der Waals surface area contributed by atoms with E-state index in [1.54, 1.807) is 18.0 Å². The molecule has 1 aromatic rings. The summed E-state index contributed by atoms with van der Waals surface area (Å²) in [5, 5.41) is 47.8. The molecule has 0 aliphatic rings. The fraction of sp³-hybridized carbons (Fsp3) is 0.647. The second-order valence-corrected chi connectivity index (χ2v) is 7.20. The molecule has 0 aromatic heterocycles. The molecule has 24 heavy (non-hydrogen) atoms. The number of hydrogen-bond acceptors (Lipinski definition) is 7. The Morgan fingerprint density at radius 3 is 2.08 bits per heavy atom. The predicted molar refractivity (Wildman–Crippen MR) is 93.9 cm³/mol. The molecule has 4 unspecified atom stereocenters. The molecule has 0 saturated heterocycles. The summed E-state index contributed by atoms with van der Waals surface area (Å²) in [4.78, 5) is 1.72. The molecular weight excluding hydrogens is 312 g/mol. The van der Waals surface area contributed by atoms with Gasteiger partial charge in [0.05, 0.1) is 12.7 Å². The van der Waals surface area contributed by atoms with Gasteiger partial charge in [0, 0.05) is 25.0 Å². The summed E-state index contributed by atoms with van der Waals surface area (Å²) in [6.07, 6.45) is -6.02. The summed E-state index contributed by atoms with van der Waals surface area (Å²) in [5.41, 5.74) is 8.34. The smallest absolute Gasteiger partial charge is 0.111 e. The molecule has 0 spiro atoms. The fourth-order valence-corrected chi connectivity index (χ4v) is 2.49. The average molecular weight is 342 g/mol. The van der Waals surface area contributed by atoms with Gasteiger partial charge in [-0.15, -0.1) is 0 Å². The first-order chi connectivity index (χ1) is 11.0. The molecule has 0 amide bonds. The molecule has 7 nitrogen and oxygen atoms in total. The maximum absolute atomic E-state index is 10.1. The van der Waals surface area contributed by atoms with E-state index >= 15 is 0 Å². The van der Waals surface area contributed by atoms with Crippen LogP contribution in [0, 0.1) is 0 Å². The van der Waals surface area contributed by atoms with Crippen LogP contribution in [0.15, 0.2) is 18.2 Å². The molecule has 0 heterocycles. The van der Waals surface area contributed by atoms with Gasteiger partial charge in [0.25, 0.3) is 0 Å². The Labute approximate surface area is 143 Å². The Bertz CT molecular complexity index is 532. The predicted octanol–water partition coefficient (Wildman–Crippen LogP) is -0.562. The maximum Gasteiger partial charge on any atom is 0.111 e. The van der Waals surface area contributed by atoms with Gasteiger partial charge in [-0.2, -0.15) is 0 Å². The van der Waals surface area contributed by atoms with Crippen molar-refractivity contribution in [1.82, 2.24) is 0 Å². The highest BCUT2D eigenvalue weighted by Crippen LogP contribution is 2.31. The van der Waals surface area contributed by atoms with Crippen LogP contribution < -0.4 is 10.6 Å². The number of anilines is 2. The SMILES string of the molecule is CN(CC(O)C(O)C(O)C(O)CO)c1ccc(N)c(C(C)(C)C)c1. The van der Waals surface area contributed by atoms with Crippen LogP contribution in [0.2, 0.25) is 0 Å². The fourth-order valence-electron chi connectivity index (χ4n) is 2.49. The number of benzene rings is 1. The van der Waals surface area contributed by atoms with Gasteiger partial charge in [0.2, 0.25) is 0 Å². The number of hydrogen-bond donors (Lipinski definition) is 6. The largest absolute Gasteiger partial charge is 0.398 e. The Balaban J connectivity index is 2.86. The van der Waals surface area contributed by atoms with Gasteiger partial charge >= 0.3 is 0 Å². The van der Waals surface area contributed by atoms with Crippen LogP contribution in [0.1, 0.15) is 26.3 Å². The monoisotopic (exact) mass is 342 g/mol. The van der Waals surface area contributed by atoms with Crippen LogP contribution in [0.25, 0.3) is 0 Å². The molecule has 7 N–H and O–H groups in total. The van der Waals surface area contributed by atoms with Crippen molar-refractivity contribution in [1.29, 1.82) is 0 Å². The Hall–Kier alpha value is -1.38. The summed E-state index contributed by atoms with van der Waals surface area (Å²) < 4.78 is 0. The molecule has 0 aliphatic heterocycles. The van der Waals surface area contributed by atoms with Crippen molar-refractivity contribution in [3.63, 3.8) is 0 Å². The summed E-state index contributed by atoms with van der Waals surface area (Å²) in [6, 6.07) is 5.52. The standard InChI is InChI=1S/C17H30N2O5/c1-17(2,3)11-7-10(5-6-12(11)18)19(4)8-13(21)15(23)16(24)14(22)9-20/h5-7,13-16,20-24H,8-9,18H2,1-4H3. The summed E-state index contributed by atoms with van der Waals surface area (Å²) in [6.45, 7) is 5.48. The van der Waals surface area contributed by atoms with Crippen LogP contribution in [0.4, 0.5) is 11.4 Å². The number of nitrogens with two attached hydrogens (primary N) is 1.